The first-order valence-corrected chi connectivity index (χ1v) is 11.4. The number of benzene rings is 1. The highest BCUT2D eigenvalue weighted by atomic mass is 19.1. The van der Waals surface area contributed by atoms with Gasteiger partial charge in [0.1, 0.15) is 23.0 Å². The van der Waals surface area contributed by atoms with Gasteiger partial charge in [-0.25, -0.2) is 13.2 Å². The molecule has 1 aliphatic heterocycles. The van der Waals surface area contributed by atoms with Gasteiger partial charge in [-0.2, -0.15) is 0 Å². The molecule has 3 aliphatic carbocycles. The van der Waals surface area contributed by atoms with Crippen LogP contribution in [0.25, 0.3) is 11.3 Å². The molecule has 0 bridgehead atoms. The summed E-state index contributed by atoms with van der Waals surface area (Å²) in [7, 11) is 1.70. The molecule has 1 N–H and O–H groups in total. The number of nitrogens with one attached hydrogen (secondary N) is 1. The van der Waals surface area contributed by atoms with Gasteiger partial charge in [0.2, 0.25) is 0 Å². The maximum absolute atomic E-state index is 15.1. The van der Waals surface area contributed by atoms with Crippen LogP contribution in [0, 0.1) is 11.6 Å². The van der Waals surface area contributed by atoms with E-state index >= 15 is 8.78 Å². The van der Waals surface area contributed by atoms with Crippen LogP contribution < -0.4 is 5.32 Å². The van der Waals surface area contributed by atoms with Crippen LogP contribution in [-0.4, -0.2) is 35.1 Å². The standard InChI is InChI=1S/C24H26F3N3O2/c1-31-19-4-2-3-18(19)28-22-15-12-32-23(5-6-23)11-14(15)21(29-30-22)20-16(25)9-13(10-17(20)26)24(27)7-8-24/h9-10,18-19H,2-8,11-12H2,1H3,(H,28,30)/t18-,19-/m1/s1. The maximum Gasteiger partial charge on any atom is 0.154 e. The van der Waals surface area contributed by atoms with Gasteiger partial charge in [-0.15, -0.1) is 10.2 Å². The van der Waals surface area contributed by atoms with Crippen LogP contribution in [0.3, 0.4) is 0 Å². The Morgan fingerprint density at radius 2 is 1.81 bits per heavy atom. The number of hydrogen-bond donors (Lipinski definition) is 1. The van der Waals surface area contributed by atoms with E-state index in [9.17, 15) is 4.39 Å². The molecular weight excluding hydrogens is 419 g/mol. The normalized spacial score (nSPS) is 26.8. The Labute approximate surface area is 184 Å². The number of halogens is 3. The van der Waals surface area contributed by atoms with Crippen LogP contribution in [0.5, 0.6) is 0 Å². The number of nitrogens with zero attached hydrogens (tertiary/aromatic N) is 2. The summed E-state index contributed by atoms with van der Waals surface area (Å²) in [4.78, 5) is 0. The molecule has 2 heterocycles. The van der Waals surface area contributed by atoms with Crippen LogP contribution in [0.2, 0.25) is 0 Å². The minimum Gasteiger partial charge on any atom is -0.379 e. The van der Waals surface area contributed by atoms with Crippen LogP contribution in [0.1, 0.15) is 61.6 Å². The van der Waals surface area contributed by atoms with Crippen molar-refractivity contribution in [3.63, 3.8) is 0 Å². The number of rotatable bonds is 5. The summed E-state index contributed by atoms with van der Waals surface area (Å²) in [5, 5.41) is 12.1. The Hall–Kier alpha value is -2.19. The van der Waals surface area contributed by atoms with E-state index in [2.05, 4.69) is 15.5 Å². The minimum atomic E-state index is -1.61. The Morgan fingerprint density at radius 1 is 1.06 bits per heavy atom. The summed E-state index contributed by atoms with van der Waals surface area (Å²) in [6, 6.07) is 2.33. The fourth-order valence-electron chi connectivity index (χ4n) is 5.23. The molecule has 4 aliphatic rings. The monoisotopic (exact) mass is 445 g/mol. The molecule has 32 heavy (non-hydrogen) atoms. The third kappa shape index (κ3) is 3.30. The van der Waals surface area contributed by atoms with Crippen molar-refractivity contribution in [3.8, 4) is 11.3 Å². The van der Waals surface area contributed by atoms with Gasteiger partial charge in [-0.05, 0) is 68.2 Å². The lowest BCUT2D eigenvalue weighted by molar-refractivity contribution is 0.00825. The van der Waals surface area contributed by atoms with Crippen LogP contribution in [0.4, 0.5) is 19.0 Å². The highest BCUT2D eigenvalue weighted by Gasteiger charge is 2.49. The Balaban J connectivity index is 1.42. The van der Waals surface area contributed by atoms with Gasteiger partial charge >= 0.3 is 0 Å². The Bertz CT molecular complexity index is 1060. The molecule has 3 saturated carbocycles. The second kappa shape index (κ2) is 7.15. The Morgan fingerprint density at radius 3 is 2.47 bits per heavy atom. The third-order valence-corrected chi connectivity index (χ3v) is 7.58. The number of hydrogen-bond acceptors (Lipinski definition) is 5. The summed E-state index contributed by atoms with van der Waals surface area (Å²) in [6.07, 6.45) is 6.03. The largest absolute Gasteiger partial charge is 0.379 e. The number of aromatic nitrogens is 2. The number of alkyl halides is 1. The van der Waals surface area contributed by atoms with Crippen LogP contribution >= 0.6 is 0 Å². The molecule has 170 valence electrons. The summed E-state index contributed by atoms with van der Waals surface area (Å²) in [5.41, 5.74) is -0.295. The van der Waals surface area contributed by atoms with Crippen molar-refractivity contribution >= 4 is 5.82 Å². The number of ether oxygens (including phenoxy) is 2. The first-order chi connectivity index (χ1) is 15.4. The van der Waals surface area contributed by atoms with E-state index in [0.29, 0.717) is 31.7 Å². The summed E-state index contributed by atoms with van der Waals surface area (Å²) in [5.74, 6) is -1.01. The van der Waals surface area contributed by atoms with Crippen molar-refractivity contribution in [2.24, 2.45) is 0 Å². The molecule has 2 aromatic rings. The fraction of sp³-hybridized carbons (Fsp3) is 0.583. The summed E-state index contributed by atoms with van der Waals surface area (Å²) >= 11 is 0. The van der Waals surface area contributed by atoms with Crippen molar-refractivity contribution in [1.29, 1.82) is 0 Å². The zero-order chi connectivity index (χ0) is 22.1. The van der Waals surface area contributed by atoms with Crippen molar-refractivity contribution in [1.82, 2.24) is 10.2 Å². The lowest BCUT2D eigenvalue weighted by Crippen LogP contribution is -2.32. The quantitative estimate of drug-likeness (QED) is 0.705. The van der Waals surface area contributed by atoms with E-state index < -0.39 is 17.3 Å². The predicted octanol–water partition coefficient (Wildman–Crippen LogP) is 4.97. The highest BCUT2D eigenvalue weighted by molar-refractivity contribution is 5.70. The number of fused-ring (bicyclic) bond motifs is 1. The number of methoxy groups -OCH3 is 1. The van der Waals surface area contributed by atoms with E-state index in [-0.39, 0.29) is 34.6 Å². The van der Waals surface area contributed by atoms with Gasteiger partial charge in [-0.3, -0.25) is 0 Å². The predicted molar refractivity (Wildman–Crippen MR) is 112 cm³/mol. The highest BCUT2D eigenvalue weighted by Crippen LogP contribution is 2.52. The Kier molecular flexibility index (Phi) is 4.56. The topological polar surface area (TPSA) is 56.3 Å². The first-order valence-electron chi connectivity index (χ1n) is 11.4. The molecule has 5 nitrogen and oxygen atoms in total. The van der Waals surface area contributed by atoms with E-state index in [1.54, 1.807) is 7.11 Å². The molecule has 0 unspecified atom stereocenters. The molecule has 1 aromatic carbocycles. The second-order valence-electron chi connectivity index (χ2n) is 9.74. The SMILES string of the molecule is CO[C@@H]1CCC[C@H]1Nc1nnc(-c2c(F)cc(C3(F)CC3)cc2F)c2c1COC1(CC1)C2. The van der Waals surface area contributed by atoms with Crippen molar-refractivity contribution in [2.45, 2.75) is 81.4 Å². The van der Waals surface area contributed by atoms with Gasteiger partial charge in [0.25, 0.3) is 0 Å². The van der Waals surface area contributed by atoms with Gasteiger partial charge < -0.3 is 14.8 Å². The van der Waals surface area contributed by atoms with Gasteiger partial charge in [0.15, 0.2) is 5.82 Å². The molecule has 2 atom stereocenters. The van der Waals surface area contributed by atoms with Gasteiger partial charge in [-0.1, -0.05) is 0 Å². The number of anilines is 1. The smallest absolute Gasteiger partial charge is 0.154 e. The van der Waals surface area contributed by atoms with E-state index in [4.69, 9.17) is 9.47 Å². The molecule has 0 saturated heterocycles. The zero-order valence-corrected chi connectivity index (χ0v) is 18.0. The van der Waals surface area contributed by atoms with Gasteiger partial charge in [0, 0.05) is 19.1 Å². The molecule has 3 fully saturated rings. The van der Waals surface area contributed by atoms with E-state index in [1.807, 2.05) is 0 Å². The van der Waals surface area contributed by atoms with Crippen LogP contribution in [-0.2, 0) is 28.2 Å². The second-order valence-corrected chi connectivity index (χ2v) is 9.74. The molecule has 8 heteroatoms. The fourth-order valence-corrected chi connectivity index (χ4v) is 5.23. The molecule has 0 radical (unpaired) electrons. The lowest BCUT2D eigenvalue weighted by atomic mass is 9.92. The molecule has 1 spiro atoms. The molecular formula is C24H26F3N3O2. The van der Waals surface area contributed by atoms with Crippen molar-refractivity contribution in [2.75, 3.05) is 12.4 Å². The van der Waals surface area contributed by atoms with Crippen LogP contribution in [0.15, 0.2) is 12.1 Å². The minimum absolute atomic E-state index is 0.0604. The first kappa shape index (κ1) is 20.4. The maximum atomic E-state index is 15.1. The average molecular weight is 445 g/mol. The summed E-state index contributed by atoms with van der Waals surface area (Å²) < 4.78 is 56.3. The van der Waals surface area contributed by atoms with Gasteiger partial charge in [0.05, 0.1) is 29.9 Å². The zero-order valence-electron chi connectivity index (χ0n) is 18.0. The van der Waals surface area contributed by atoms with Crippen molar-refractivity contribution < 1.29 is 22.6 Å². The van der Waals surface area contributed by atoms with E-state index in [0.717, 1.165) is 55.4 Å². The molecule has 6 rings (SSSR count). The summed E-state index contributed by atoms with van der Waals surface area (Å²) in [6.45, 7) is 0.319. The van der Waals surface area contributed by atoms with E-state index in [1.165, 1.54) is 0 Å². The molecule has 0 amide bonds. The lowest BCUT2D eigenvalue weighted by Gasteiger charge is -2.29. The van der Waals surface area contributed by atoms with Crippen molar-refractivity contribution in [3.05, 3.63) is 40.5 Å². The third-order valence-electron chi connectivity index (χ3n) is 7.58. The molecule has 1 aromatic heterocycles. The average Bonchev–Trinajstić information content (AvgIpc) is 3.66.